The number of nitrogens with zero attached hydrogens (tertiary/aromatic N) is 3. The molecule has 0 saturated carbocycles. The zero-order valence-electron chi connectivity index (χ0n) is 26.6. The van der Waals surface area contributed by atoms with Crippen LogP contribution in [0.1, 0.15) is 64.6 Å². The van der Waals surface area contributed by atoms with Gasteiger partial charge in [-0.15, -0.1) is 0 Å². The van der Waals surface area contributed by atoms with Gasteiger partial charge in [-0.2, -0.15) is 0 Å². The zero-order valence-corrected chi connectivity index (χ0v) is 27.3. The van der Waals surface area contributed by atoms with Crippen molar-refractivity contribution >= 4 is 35.0 Å². The van der Waals surface area contributed by atoms with Crippen molar-refractivity contribution in [3.63, 3.8) is 0 Å². The van der Waals surface area contributed by atoms with E-state index in [1.54, 1.807) is 29.2 Å². The summed E-state index contributed by atoms with van der Waals surface area (Å²) in [4.78, 5) is 46.3. The number of nitrogens with one attached hydrogen (secondary N) is 1. The second-order valence-electron chi connectivity index (χ2n) is 11.3. The number of benzene rings is 2. The maximum absolute atomic E-state index is 14.5. The van der Waals surface area contributed by atoms with Gasteiger partial charge in [-0.05, 0) is 49.2 Å². The van der Waals surface area contributed by atoms with Crippen LogP contribution in [0.2, 0.25) is 5.02 Å². The molecule has 3 N–H and O–H groups in total. The highest BCUT2D eigenvalue weighted by molar-refractivity contribution is 6.30. The maximum atomic E-state index is 14.5. The highest BCUT2D eigenvalue weighted by Gasteiger charge is 2.24. The summed E-state index contributed by atoms with van der Waals surface area (Å²) in [6.07, 6.45) is 1.56. The van der Waals surface area contributed by atoms with Crippen molar-refractivity contribution in [3.8, 4) is 5.75 Å². The van der Waals surface area contributed by atoms with Gasteiger partial charge in [-0.25, -0.2) is 13.8 Å². The van der Waals surface area contributed by atoms with Gasteiger partial charge in [0.1, 0.15) is 11.9 Å². The van der Waals surface area contributed by atoms with E-state index in [4.69, 9.17) is 26.8 Å². The molecule has 47 heavy (non-hydrogen) atoms. The molecule has 0 unspecified atom stereocenters. The molecule has 13 heteroatoms. The third kappa shape index (κ3) is 9.93. The zero-order chi connectivity index (χ0) is 33.9. The molecular formula is C34H40ClF2N5O5. The molecule has 10 nitrogen and oxygen atoms in total. The lowest BCUT2D eigenvalue weighted by molar-refractivity contribution is -0.121. The standard InChI is InChI=1S/C34H40ClF2N5O5/c1-3-17-46-18-11-39-30(44)10-12-41-13-15-42(16-14-41)34(45)24-6-4-23(5-7-24)19-28(43)25-20-29(33(38)40-21-25)47-22(2)31-27(36)9-8-26(35)32(31)37/h4-9,20-22H,3,10-19H2,1-2H3,(H2,38,40)(H,39,44)/t22-/m1/s1. The fourth-order valence-corrected chi connectivity index (χ4v) is 5.30. The van der Waals surface area contributed by atoms with Crippen molar-refractivity contribution in [2.45, 2.75) is 39.2 Å². The van der Waals surface area contributed by atoms with Gasteiger partial charge in [0.2, 0.25) is 5.91 Å². The highest BCUT2D eigenvalue weighted by atomic mass is 35.5. The van der Waals surface area contributed by atoms with E-state index < -0.39 is 17.7 Å². The van der Waals surface area contributed by atoms with Crippen LogP contribution >= 0.6 is 11.6 Å². The Labute approximate surface area is 278 Å². The van der Waals surface area contributed by atoms with Crippen LogP contribution in [0.15, 0.2) is 48.7 Å². The first-order valence-electron chi connectivity index (χ1n) is 15.6. The molecule has 0 radical (unpaired) electrons. The van der Waals surface area contributed by atoms with Crippen molar-refractivity contribution in [3.05, 3.63) is 87.6 Å². The first-order chi connectivity index (χ1) is 22.6. The van der Waals surface area contributed by atoms with Crippen LogP contribution < -0.4 is 15.8 Å². The van der Waals surface area contributed by atoms with Crippen LogP contribution in [0, 0.1) is 11.6 Å². The summed E-state index contributed by atoms with van der Waals surface area (Å²) < 4.78 is 39.9. The van der Waals surface area contributed by atoms with Crippen molar-refractivity contribution in [1.29, 1.82) is 0 Å². The molecule has 2 amide bonds. The lowest BCUT2D eigenvalue weighted by atomic mass is 10.0. The van der Waals surface area contributed by atoms with Crippen molar-refractivity contribution < 1.29 is 32.6 Å². The van der Waals surface area contributed by atoms with Gasteiger partial charge in [0.25, 0.3) is 5.91 Å². The van der Waals surface area contributed by atoms with Crippen LogP contribution in [0.25, 0.3) is 0 Å². The van der Waals surface area contributed by atoms with Gasteiger partial charge in [0.05, 0.1) is 17.2 Å². The van der Waals surface area contributed by atoms with E-state index in [9.17, 15) is 23.2 Å². The fraction of sp³-hybridized carbons (Fsp3) is 0.412. The van der Waals surface area contributed by atoms with Gasteiger partial charge >= 0.3 is 0 Å². The van der Waals surface area contributed by atoms with Crippen LogP contribution in [0.5, 0.6) is 5.75 Å². The summed E-state index contributed by atoms with van der Waals surface area (Å²) in [5.41, 5.74) is 6.95. The Hall–Kier alpha value is -4.13. The molecule has 1 aromatic heterocycles. The summed E-state index contributed by atoms with van der Waals surface area (Å²) in [6, 6.07) is 10.4. The van der Waals surface area contributed by atoms with Gasteiger partial charge in [-0.3, -0.25) is 19.3 Å². The molecule has 3 aromatic rings. The van der Waals surface area contributed by atoms with E-state index in [0.29, 0.717) is 70.0 Å². The minimum atomic E-state index is -1.11. The number of aromatic nitrogens is 1. The van der Waals surface area contributed by atoms with E-state index >= 15 is 0 Å². The van der Waals surface area contributed by atoms with Crippen LogP contribution in [-0.2, 0) is 16.0 Å². The topological polar surface area (TPSA) is 127 Å². The first-order valence-corrected chi connectivity index (χ1v) is 16.0. The van der Waals surface area contributed by atoms with E-state index in [0.717, 1.165) is 18.6 Å². The quantitative estimate of drug-likeness (QED) is 0.133. The van der Waals surface area contributed by atoms with Crippen LogP contribution in [0.3, 0.4) is 0 Å². The lowest BCUT2D eigenvalue weighted by Gasteiger charge is -2.34. The van der Waals surface area contributed by atoms with Gasteiger partial charge in [0, 0.05) is 76.0 Å². The summed E-state index contributed by atoms with van der Waals surface area (Å²) in [5.74, 6) is -2.22. The number of nitrogen functional groups attached to an aromatic ring is 1. The maximum Gasteiger partial charge on any atom is 0.253 e. The molecule has 1 atom stereocenters. The molecule has 1 aliphatic heterocycles. The SMILES string of the molecule is CCCOCCNC(=O)CCN1CCN(C(=O)c2ccc(CC(=O)c3cnc(N)c(O[C@H](C)c4c(F)ccc(Cl)c4F)c3)cc2)CC1. The smallest absolute Gasteiger partial charge is 0.253 e. The molecule has 1 fully saturated rings. The minimum absolute atomic E-state index is 0.000611. The number of Topliss-reactive ketones (excluding diaryl/α,β-unsaturated/α-hetero) is 1. The van der Waals surface area contributed by atoms with E-state index in [-0.39, 0.29) is 51.7 Å². The largest absolute Gasteiger partial charge is 0.482 e. The van der Waals surface area contributed by atoms with E-state index in [1.807, 2.05) is 6.92 Å². The molecule has 1 aliphatic rings. The Kier molecular flexibility index (Phi) is 13.0. The van der Waals surface area contributed by atoms with Crippen molar-refractivity contribution in [2.75, 3.05) is 58.2 Å². The number of anilines is 1. The Morgan fingerprint density at radius 1 is 1.04 bits per heavy atom. The lowest BCUT2D eigenvalue weighted by Crippen LogP contribution is -2.49. The number of halogens is 3. The van der Waals surface area contributed by atoms with Crippen LogP contribution in [0.4, 0.5) is 14.6 Å². The van der Waals surface area contributed by atoms with E-state index in [1.165, 1.54) is 19.2 Å². The predicted octanol–water partition coefficient (Wildman–Crippen LogP) is 4.85. The number of hydrogen-bond acceptors (Lipinski definition) is 8. The minimum Gasteiger partial charge on any atom is -0.482 e. The molecule has 1 saturated heterocycles. The first kappa shape index (κ1) is 35.7. The predicted molar refractivity (Wildman–Crippen MR) is 175 cm³/mol. The molecule has 0 spiro atoms. The Balaban J connectivity index is 1.26. The highest BCUT2D eigenvalue weighted by Crippen LogP contribution is 2.32. The number of pyridine rings is 1. The molecule has 4 rings (SSSR count). The molecule has 0 aliphatic carbocycles. The number of carbonyl (C=O) groups is 3. The summed E-state index contributed by atoms with van der Waals surface area (Å²) in [5, 5.41) is 2.61. The number of hydrogen-bond donors (Lipinski definition) is 2. The van der Waals surface area contributed by atoms with Gasteiger partial charge < -0.3 is 25.4 Å². The van der Waals surface area contributed by atoms with Crippen molar-refractivity contribution in [2.24, 2.45) is 0 Å². The Morgan fingerprint density at radius 2 is 1.77 bits per heavy atom. The summed E-state index contributed by atoms with van der Waals surface area (Å²) in [6.45, 7) is 8.24. The number of carbonyl (C=O) groups excluding carboxylic acids is 3. The van der Waals surface area contributed by atoms with Crippen molar-refractivity contribution in [1.82, 2.24) is 20.1 Å². The number of rotatable bonds is 15. The summed E-state index contributed by atoms with van der Waals surface area (Å²) >= 11 is 5.80. The number of nitrogens with two attached hydrogens (primary N) is 1. The Bertz CT molecular complexity index is 1550. The number of ether oxygens (including phenoxy) is 2. The monoisotopic (exact) mass is 671 g/mol. The molecule has 2 aromatic carbocycles. The second-order valence-corrected chi connectivity index (χ2v) is 11.7. The second kappa shape index (κ2) is 17.1. The molecular weight excluding hydrogens is 632 g/mol. The van der Waals surface area contributed by atoms with Crippen LogP contribution in [-0.4, -0.2) is 84.9 Å². The number of ketones is 1. The van der Waals surface area contributed by atoms with E-state index in [2.05, 4.69) is 15.2 Å². The third-order valence-corrected chi connectivity index (χ3v) is 8.08. The fourth-order valence-electron chi connectivity index (χ4n) is 5.13. The average Bonchev–Trinajstić information content (AvgIpc) is 3.06. The van der Waals surface area contributed by atoms with Gasteiger partial charge in [-0.1, -0.05) is 30.7 Å². The molecule has 252 valence electrons. The number of amides is 2. The summed E-state index contributed by atoms with van der Waals surface area (Å²) in [7, 11) is 0. The number of piperazine rings is 1. The molecule has 2 heterocycles. The third-order valence-electron chi connectivity index (χ3n) is 7.79. The Morgan fingerprint density at radius 3 is 2.47 bits per heavy atom. The average molecular weight is 672 g/mol. The normalized spacial score (nSPS) is 14.1. The molecule has 0 bridgehead atoms. The van der Waals surface area contributed by atoms with Gasteiger partial charge in [0.15, 0.2) is 23.2 Å².